The molecule has 0 fully saturated rings. The number of aliphatic carboxylic acids is 1. The van der Waals surface area contributed by atoms with Gasteiger partial charge in [0.15, 0.2) is 0 Å². The van der Waals surface area contributed by atoms with E-state index in [2.05, 4.69) is 10.6 Å². The molecule has 0 rings (SSSR count). The van der Waals surface area contributed by atoms with Crippen molar-refractivity contribution in [2.75, 3.05) is 39.9 Å². The second-order valence-electron chi connectivity index (χ2n) is 3.40. The summed E-state index contributed by atoms with van der Waals surface area (Å²) in [5.41, 5.74) is 0. The second-order valence-corrected chi connectivity index (χ2v) is 3.40. The number of urea groups is 1. The number of carboxylic acids is 1. The Morgan fingerprint density at radius 2 is 1.89 bits per heavy atom. The molecule has 18 heavy (non-hydrogen) atoms. The first-order valence-corrected chi connectivity index (χ1v) is 5.51. The molecule has 0 radical (unpaired) electrons. The number of ether oxygens (including phenoxy) is 1. The van der Waals surface area contributed by atoms with Crippen molar-refractivity contribution in [3.63, 3.8) is 0 Å². The Bertz CT molecular complexity index is 295. The molecule has 0 saturated heterocycles. The maximum absolute atomic E-state index is 11.6. The van der Waals surface area contributed by atoms with Gasteiger partial charge in [0.2, 0.25) is 5.91 Å². The Morgan fingerprint density at radius 3 is 2.39 bits per heavy atom. The van der Waals surface area contributed by atoms with Crippen molar-refractivity contribution in [1.29, 1.82) is 0 Å². The molecule has 0 bridgehead atoms. The van der Waals surface area contributed by atoms with Crippen LogP contribution in [0.3, 0.4) is 0 Å². The first-order chi connectivity index (χ1) is 8.51. The van der Waals surface area contributed by atoms with Gasteiger partial charge >= 0.3 is 12.0 Å². The van der Waals surface area contributed by atoms with Gasteiger partial charge in [-0.15, -0.1) is 0 Å². The van der Waals surface area contributed by atoms with E-state index in [0.29, 0.717) is 19.7 Å². The third kappa shape index (κ3) is 7.44. The van der Waals surface area contributed by atoms with Crippen molar-refractivity contribution in [3.8, 4) is 0 Å². The van der Waals surface area contributed by atoms with Crippen LogP contribution in [0.4, 0.5) is 4.79 Å². The van der Waals surface area contributed by atoms with Crippen molar-refractivity contribution in [2.45, 2.75) is 6.92 Å². The number of hydrogen-bond donors (Lipinski definition) is 3. The Balaban J connectivity index is 3.91. The molecule has 0 aliphatic rings. The summed E-state index contributed by atoms with van der Waals surface area (Å²) in [6.45, 7) is 2.42. The van der Waals surface area contributed by atoms with Crippen LogP contribution in [0.15, 0.2) is 0 Å². The summed E-state index contributed by atoms with van der Waals surface area (Å²) in [5.74, 6) is -1.68. The molecule has 8 heteroatoms. The second kappa shape index (κ2) is 9.23. The zero-order valence-corrected chi connectivity index (χ0v) is 10.6. The van der Waals surface area contributed by atoms with Gasteiger partial charge in [-0.05, 0) is 6.92 Å². The van der Waals surface area contributed by atoms with E-state index in [4.69, 9.17) is 9.84 Å². The number of hydrogen-bond acceptors (Lipinski definition) is 4. The van der Waals surface area contributed by atoms with Crippen LogP contribution in [0.2, 0.25) is 0 Å². The summed E-state index contributed by atoms with van der Waals surface area (Å²) in [4.78, 5) is 34.4. The van der Waals surface area contributed by atoms with E-state index < -0.39 is 18.4 Å². The van der Waals surface area contributed by atoms with E-state index >= 15 is 0 Å². The zero-order valence-electron chi connectivity index (χ0n) is 10.6. The van der Waals surface area contributed by atoms with Gasteiger partial charge in [0.1, 0.15) is 6.54 Å². The van der Waals surface area contributed by atoms with Crippen LogP contribution in [-0.2, 0) is 14.3 Å². The van der Waals surface area contributed by atoms with Gasteiger partial charge in [-0.3, -0.25) is 9.59 Å². The van der Waals surface area contributed by atoms with E-state index in [9.17, 15) is 14.4 Å². The number of rotatable bonds is 8. The highest BCUT2D eigenvalue weighted by Gasteiger charge is 2.12. The fraction of sp³-hybridized carbons (Fsp3) is 0.700. The number of carbonyl (C=O) groups is 3. The van der Waals surface area contributed by atoms with Gasteiger partial charge in [0.25, 0.3) is 0 Å². The molecule has 0 unspecified atom stereocenters. The maximum atomic E-state index is 11.6. The Kier molecular flexibility index (Phi) is 8.29. The predicted octanol–water partition coefficient (Wildman–Crippen LogP) is -1.13. The fourth-order valence-electron chi connectivity index (χ4n) is 1.11. The van der Waals surface area contributed by atoms with Gasteiger partial charge < -0.3 is 25.4 Å². The molecule has 8 nitrogen and oxygen atoms in total. The minimum absolute atomic E-state index is 0.254. The third-order valence-corrected chi connectivity index (χ3v) is 2.07. The maximum Gasteiger partial charge on any atom is 0.322 e. The highest BCUT2D eigenvalue weighted by atomic mass is 16.5. The molecule has 0 aromatic heterocycles. The summed E-state index contributed by atoms with van der Waals surface area (Å²) in [7, 11) is 1.53. The lowest BCUT2D eigenvalue weighted by atomic mass is 10.5. The molecule has 104 valence electrons. The van der Waals surface area contributed by atoms with Crippen LogP contribution in [0, 0.1) is 0 Å². The minimum atomic E-state index is -1.13. The number of amides is 3. The lowest BCUT2D eigenvalue weighted by molar-refractivity contribution is -0.137. The van der Waals surface area contributed by atoms with Crippen molar-refractivity contribution in [3.05, 3.63) is 0 Å². The number of nitrogens with zero attached hydrogens (tertiary/aromatic N) is 1. The van der Waals surface area contributed by atoms with Crippen LogP contribution in [0.5, 0.6) is 0 Å². The Labute approximate surface area is 105 Å². The van der Waals surface area contributed by atoms with Gasteiger partial charge in [-0.1, -0.05) is 0 Å². The number of likely N-dealkylation sites (N-methyl/N-ethyl adjacent to an activating group) is 1. The molecule has 0 aliphatic carbocycles. The molecule has 3 amide bonds. The van der Waals surface area contributed by atoms with Crippen LogP contribution >= 0.6 is 0 Å². The van der Waals surface area contributed by atoms with Gasteiger partial charge in [0, 0.05) is 20.2 Å². The van der Waals surface area contributed by atoms with E-state index in [1.54, 1.807) is 6.92 Å². The third-order valence-electron chi connectivity index (χ3n) is 2.07. The summed E-state index contributed by atoms with van der Waals surface area (Å²) >= 11 is 0. The quantitative estimate of drug-likeness (QED) is 0.512. The number of carbonyl (C=O) groups excluding carboxylic acids is 2. The van der Waals surface area contributed by atoms with E-state index in [1.165, 1.54) is 12.0 Å². The molecular formula is C10H19N3O5. The van der Waals surface area contributed by atoms with E-state index in [-0.39, 0.29) is 12.6 Å². The van der Waals surface area contributed by atoms with Crippen LogP contribution in [0.1, 0.15) is 6.92 Å². The van der Waals surface area contributed by atoms with Crippen molar-refractivity contribution < 1.29 is 24.2 Å². The Morgan fingerprint density at radius 1 is 1.22 bits per heavy atom. The highest BCUT2D eigenvalue weighted by Crippen LogP contribution is 1.88. The summed E-state index contributed by atoms with van der Waals surface area (Å²) in [6, 6.07) is -0.389. The van der Waals surface area contributed by atoms with Crippen molar-refractivity contribution >= 4 is 17.9 Å². The number of nitrogens with one attached hydrogen (secondary N) is 2. The van der Waals surface area contributed by atoms with Crippen LogP contribution in [-0.4, -0.2) is 67.8 Å². The molecular weight excluding hydrogens is 242 g/mol. The summed E-state index contributed by atoms with van der Waals surface area (Å²) < 4.78 is 4.85. The van der Waals surface area contributed by atoms with Gasteiger partial charge in [0.05, 0.1) is 13.2 Å². The largest absolute Gasteiger partial charge is 0.480 e. The average molecular weight is 261 g/mol. The molecule has 3 N–H and O–H groups in total. The first kappa shape index (κ1) is 16.2. The lowest BCUT2D eigenvalue weighted by Crippen LogP contribution is -2.46. The number of methoxy groups -OCH3 is 1. The zero-order chi connectivity index (χ0) is 14.0. The summed E-state index contributed by atoms with van der Waals surface area (Å²) in [6.07, 6.45) is 0. The summed E-state index contributed by atoms with van der Waals surface area (Å²) in [5, 5.41) is 12.9. The average Bonchev–Trinajstić information content (AvgIpc) is 2.34. The molecule has 0 saturated carbocycles. The van der Waals surface area contributed by atoms with Crippen LogP contribution < -0.4 is 10.6 Å². The molecule has 0 spiro atoms. The molecule has 0 aliphatic heterocycles. The normalized spacial score (nSPS) is 9.67. The molecule has 0 aromatic rings. The van der Waals surface area contributed by atoms with Crippen molar-refractivity contribution in [1.82, 2.24) is 15.5 Å². The monoisotopic (exact) mass is 261 g/mol. The SMILES string of the molecule is CCN(CCOC)C(=O)NCC(=O)NCC(=O)O. The van der Waals surface area contributed by atoms with E-state index in [0.717, 1.165) is 0 Å². The fourth-order valence-corrected chi connectivity index (χ4v) is 1.11. The smallest absolute Gasteiger partial charge is 0.322 e. The first-order valence-electron chi connectivity index (χ1n) is 5.51. The molecule has 0 aromatic carbocycles. The van der Waals surface area contributed by atoms with E-state index in [1.807, 2.05) is 0 Å². The highest BCUT2D eigenvalue weighted by molar-refractivity contribution is 5.86. The predicted molar refractivity (Wildman–Crippen MR) is 63.2 cm³/mol. The standard InChI is InChI=1S/C10H19N3O5/c1-3-13(4-5-18-2)10(17)12-6-8(14)11-7-9(15)16/h3-7H2,1-2H3,(H,11,14)(H,12,17)(H,15,16). The van der Waals surface area contributed by atoms with Gasteiger partial charge in [-0.25, -0.2) is 4.79 Å². The number of carboxylic acid groups (broad SMARTS) is 1. The lowest BCUT2D eigenvalue weighted by Gasteiger charge is -2.20. The Hall–Kier alpha value is -1.83. The molecule has 0 atom stereocenters. The van der Waals surface area contributed by atoms with Crippen molar-refractivity contribution in [2.24, 2.45) is 0 Å². The molecule has 0 heterocycles. The van der Waals surface area contributed by atoms with Gasteiger partial charge in [-0.2, -0.15) is 0 Å². The minimum Gasteiger partial charge on any atom is -0.480 e. The topological polar surface area (TPSA) is 108 Å². The van der Waals surface area contributed by atoms with Crippen LogP contribution in [0.25, 0.3) is 0 Å².